The molecule has 0 bridgehead atoms. The minimum atomic E-state index is -0.0746. The summed E-state index contributed by atoms with van der Waals surface area (Å²) >= 11 is 0. The van der Waals surface area contributed by atoms with E-state index in [-0.39, 0.29) is 11.8 Å². The number of amides is 1. The lowest BCUT2D eigenvalue weighted by molar-refractivity contribution is -0.132. The first kappa shape index (κ1) is 23.9. The van der Waals surface area contributed by atoms with E-state index in [2.05, 4.69) is 66.1 Å². The van der Waals surface area contributed by atoms with Gasteiger partial charge in [0.15, 0.2) is 0 Å². The number of anilines is 1. The summed E-state index contributed by atoms with van der Waals surface area (Å²) in [5.74, 6) is 2.02. The first-order valence-electron chi connectivity index (χ1n) is 12.6. The molecule has 2 heterocycles. The topological polar surface area (TPSA) is 49.3 Å². The van der Waals surface area contributed by atoms with Gasteiger partial charge in [0.05, 0.1) is 5.92 Å². The van der Waals surface area contributed by atoms with Gasteiger partial charge in [-0.1, -0.05) is 74.5 Å². The molecule has 1 aliphatic heterocycles. The third-order valence-corrected chi connectivity index (χ3v) is 6.76. The zero-order chi connectivity index (χ0) is 23.9. The van der Waals surface area contributed by atoms with Crippen molar-refractivity contribution >= 4 is 11.7 Å². The highest BCUT2D eigenvalue weighted by atomic mass is 16.2. The van der Waals surface area contributed by atoms with Gasteiger partial charge in [-0.3, -0.25) is 4.79 Å². The van der Waals surface area contributed by atoms with Crippen LogP contribution in [0, 0.1) is 6.92 Å². The van der Waals surface area contributed by atoms with Crippen molar-refractivity contribution in [3.05, 3.63) is 88.9 Å². The van der Waals surface area contributed by atoms with Crippen LogP contribution in [0.4, 0.5) is 5.82 Å². The number of carbonyl (C=O) groups excluding carboxylic acids is 1. The van der Waals surface area contributed by atoms with Crippen LogP contribution in [0.15, 0.2) is 60.7 Å². The first-order chi connectivity index (χ1) is 16.6. The van der Waals surface area contributed by atoms with Crippen LogP contribution in [-0.4, -0.2) is 47.0 Å². The van der Waals surface area contributed by atoms with E-state index >= 15 is 0 Å². The molecule has 4 rings (SSSR count). The van der Waals surface area contributed by atoms with Gasteiger partial charge in [0, 0.05) is 43.9 Å². The van der Waals surface area contributed by atoms with E-state index in [0.29, 0.717) is 0 Å². The van der Waals surface area contributed by atoms with Crippen molar-refractivity contribution in [1.29, 1.82) is 0 Å². The molecule has 0 spiro atoms. The maximum absolute atomic E-state index is 13.5. The molecule has 1 aliphatic rings. The van der Waals surface area contributed by atoms with E-state index in [9.17, 15) is 4.79 Å². The number of nitrogens with zero attached hydrogens (tertiary/aromatic N) is 4. The Bertz CT molecular complexity index is 1080. The van der Waals surface area contributed by atoms with E-state index in [1.54, 1.807) is 0 Å². The Balaban J connectivity index is 1.56. The van der Waals surface area contributed by atoms with Crippen LogP contribution >= 0.6 is 0 Å². The summed E-state index contributed by atoms with van der Waals surface area (Å²) in [5, 5.41) is 0. The van der Waals surface area contributed by atoms with Gasteiger partial charge in [-0.05, 0) is 37.3 Å². The lowest BCUT2D eigenvalue weighted by Gasteiger charge is -2.27. The highest BCUT2D eigenvalue weighted by Crippen LogP contribution is 2.27. The van der Waals surface area contributed by atoms with Gasteiger partial charge in [-0.15, -0.1) is 0 Å². The van der Waals surface area contributed by atoms with Crippen molar-refractivity contribution in [2.24, 2.45) is 0 Å². The summed E-state index contributed by atoms with van der Waals surface area (Å²) in [6.07, 6.45) is 3.46. The first-order valence-corrected chi connectivity index (χ1v) is 12.6. The average Bonchev–Trinajstić information content (AvgIpc) is 3.13. The zero-order valence-electron chi connectivity index (χ0n) is 20.7. The fourth-order valence-corrected chi connectivity index (χ4v) is 4.98. The van der Waals surface area contributed by atoms with E-state index in [0.717, 1.165) is 74.8 Å². The minimum Gasteiger partial charge on any atom is -0.354 e. The van der Waals surface area contributed by atoms with Gasteiger partial charge in [-0.2, -0.15) is 0 Å². The molecule has 5 heteroatoms. The highest BCUT2D eigenvalue weighted by Gasteiger charge is 2.27. The molecule has 0 radical (unpaired) electrons. The molecule has 0 aliphatic carbocycles. The van der Waals surface area contributed by atoms with Gasteiger partial charge >= 0.3 is 0 Å². The Morgan fingerprint density at radius 3 is 2.29 bits per heavy atom. The molecule has 1 fully saturated rings. The van der Waals surface area contributed by atoms with Gasteiger partial charge in [-0.25, -0.2) is 9.97 Å². The predicted octanol–water partition coefficient (Wildman–Crippen LogP) is 5.17. The second-order valence-corrected chi connectivity index (χ2v) is 9.07. The smallest absolute Gasteiger partial charge is 0.230 e. The van der Waals surface area contributed by atoms with Crippen LogP contribution in [-0.2, 0) is 17.6 Å². The van der Waals surface area contributed by atoms with E-state index in [1.165, 1.54) is 11.1 Å². The summed E-state index contributed by atoms with van der Waals surface area (Å²) in [4.78, 5) is 27.6. The third-order valence-electron chi connectivity index (χ3n) is 6.76. The fourth-order valence-electron chi connectivity index (χ4n) is 4.98. The highest BCUT2D eigenvalue weighted by molar-refractivity contribution is 5.83. The molecule has 1 aromatic heterocycles. The van der Waals surface area contributed by atoms with Crippen LogP contribution in [0.5, 0.6) is 0 Å². The fraction of sp³-hybridized carbons (Fsp3) is 0.414. The molecule has 0 unspecified atom stereocenters. The molecular formula is C29H36N4O. The lowest BCUT2D eigenvalue weighted by Crippen LogP contribution is -2.38. The molecule has 34 heavy (non-hydrogen) atoms. The second-order valence-electron chi connectivity index (χ2n) is 9.07. The van der Waals surface area contributed by atoms with Crippen molar-refractivity contribution in [2.45, 2.75) is 52.4 Å². The van der Waals surface area contributed by atoms with Gasteiger partial charge in [0.1, 0.15) is 11.6 Å². The quantitative estimate of drug-likeness (QED) is 0.492. The van der Waals surface area contributed by atoms with Crippen LogP contribution in [0.1, 0.15) is 60.8 Å². The zero-order valence-corrected chi connectivity index (χ0v) is 20.7. The minimum absolute atomic E-state index is 0.0746. The van der Waals surface area contributed by atoms with Gasteiger partial charge < -0.3 is 9.80 Å². The molecule has 5 nitrogen and oxygen atoms in total. The molecular weight excluding hydrogens is 420 g/mol. The summed E-state index contributed by atoms with van der Waals surface area (Å²) in [6.45, 7) is 9.44. The molecule has 178 valence electrons. The third kappa shape index (κ3) is 5.46. The Hall–Kier alpha value is -3.21. The number of benzene rings is 2. The van der Waals surface area contributed by atoms with Gasteiger partial charge in [0.2, 0.25) is 5.91 Å². The lowest BCUT2D eigenvalue weighted by atomic mass is 9.95. The SMILES string of the molecule is CCc1nc(C)nc(N2CCCN(C(=O)[C@H](CC)c3ccccc3)CC2)c1Cc1ccccc1. The Kier molecular flexibility index (Phi) is 7.94. The standard InChI is InChI=1S/C29H36N4O/c1-4-25(24-15-10-7-11-16-24)29(34)33-18-12-17-32(19-20-33)28-26(21-23-13-8-6-9-14-23)27(5-2)30-22(3)31-28/h6-11,13-16,25H,4-5,12,17-21H2,1-3H3/t25-/m1/s1. The van der Waals surface area contributed by atoms with Gasteiger partial charge in [0.25, 0.3) is 0 Å². The second kappa shape index (κ2) is 11.3. The average molecular weight is 457 g/mol. The molecule has 1 amide bonds. The maximum Gasteiger partial charge on any atom is 0.230 e. The van der Waals surface area contributed by atoms with E-state index in [4.69, 9.17) is 9.97 Å². The normalized spacial score (nSPS) is 15.1. The Morgan fingerprint density at radius 1 is 0.912 bits per heavy atom. The number of aryl methyl sites for hydroxylation is 2. The molecule has 0 saturated carbocycles. The molecule has 2 aromatic carbocycles. The van der Waals surface area contributed by atoms with Crippen LogP contribution in [0.2, 0.25) is 0 Å². The monoisotopic (exact) mass is 456 g/mol. The Labute approximate surface area is 203 Å². The Morgan fingerprint density at radius 2 is 1.62 bits per heavy atom. The summed E-state index contributed by atoms with van der Waals surface area (Å²) < 4.78 is 0. The van der Waals surface area contributed by atoms with Crippen molar-refractivity contribution in [2.75, 3.05) is 31.1 Å². The number of rotatable bonds is 7. The number of carbonyl (C=O) groups is 1. The van der Waals surface area contributed by atoms with Crippen molar-refractivity contribution < 1.29 is 4.79 Å². The molecule has 1 saturated heterocycles. The van der Waals surface area contributed by atoms with Crippen LogP contribution < -0.4 is 4.90 Å². The molecule has 0 N–H and O–H groups in total. The van der Waals surface area contributed by atoms with Crippen molar-refractivity contribution in [3.63, 3.8) is 0 Å². The molecule has 3 aromatic rings. The largest absolute Gasteiger partial charge is 0.354 e. The number of hydrogen-bond acceptors (Lipinski definition) is 4. The summed E-state index contributed by atoms with van der Waals surface area (Å²) in [7, 11) is 0. The van der Waals surface area contributed by atoms with E-state index in [1.807, 2.05) is 25.1 Å². The van der Waals surface area contributed by atoms with Crippen LogP contribution in [0.3, 0.4) is 0 Å². The van der Waals surface area contributed by atoms with Crippen molar-refractivity contribution in [1.82, 2.24) is 14.9 Å². The summed E-state index contributed by atoms with van der Waals surface area (Å²) in [5.41, 5.74) is 4.72. The summed E-state index contributed by atoms with van der Waals surface area (Å²) in [6, 6.07) is 20.7. The maximum atomic E-state index is 13.5. The molecule has 1 atom stereocenters. The van der Waals surface area contributed by atoms with Crippen molar-refractivity contribution in [3.8, 4) is 0 Å². The van der Waals surface area contributed by atoms with Crippen LogP contribution in [0.25, 0.3) is 0 Å². The number of aromatic nitrogens is 2. The number of hydrogen-bond donors (Lipinski definition) is 0. The predicted molar refractivity (Wildman–Crippen MR) is 138 cm³/mol. The van der Waals surface area contributed by atoms with E-state index < -0.39 is 0 Å².